The number of fused-ring (bicyclic) bond motifs is 1. The average molecular weight is 544 g/mol. The van der Waals surface area contributed by atoms with Crippen molar-refractivity contribution in [2.24, 2.45) is 0 Å². The van der Waals surface area contributed by atoms with Crippen molar-refractivity contribution in [2.75, 3.05) is 50.0 Å². The van der Waals surface area contributed by atoms with Gasteiger partial charge in [0.25, 0.3) is 0 Å². The van der Waals surface area contributed by atoms with Crippen LogP contribution in [0, 0.1) is 0 Å². The zero-order valence-corrected chi connectivity index (χ0v) is 22.7. The van der Waals surface area contributed by atoms with E-state index in [4.69, 9.17) is 16.3 Å². The lowest BCUT2D eigenvalue weighted by Gasteiger charge is -2.35. The highest BCUT2D eigenvalue weighted by atomic mass is 35.5. The fraction of sp³-hybridized carbons (Fsp3) is 0.444. The predicted molar refractivity (Wildman–Crippen MR) is 146 cm³/mol. The van der Waals surface area contributed by atoms with E-state index in [-0.39, 0.29) is 24.4 Å². The fourth-order valence-electron chi connectivity index (χ4n) is 5.27. The first-order chi connectivity index (χ1) is 17.9. The minimum atomic E-state index is -3.57. The molecule has 1 unspecified atom stereocenters. The number of hydrogen-bond acceptors (Lipinski definition) is 6. The maximum absolute atomic E-state index is 14.0. The Kier molecular flexibility index (Phi) is 8.16. The first-order valence-corrected chi connectivity index (χ1v) is 14.8. The lowest BCUT2D eigenvalue weighted by atomic mass is 10.0. The van der Waals surface area contributed by atoms with Crippen LogP contribution in [0.15, 0.2) is 61.1 Å². The van der Waals surface area contributed by atoms with E-state index >= 15 is 0 Å². The molecule has 2 aromatic carbocycles. The van der Waals surface area contributed by atoms with Gasteiger partial charge in [0, 0.05) is 49.5 Å². The number of aromatic amines is 1. The lowest BCUT2D eigenvalue weighted by molar-refractivity contribution is 0.0406. The lowest BCUT2D eigenvalue weighted by Crippen LogP contribution is -2.48. The van der Waals surface area contributed by atoms with Gasteiger partial charge in [-0.2, -0.15) is 4.31 Å². The number of H-pyrrole nitrogens is 1. The van der Waals surface area contributed by atoms with Crippen LogP contribution in [-0.4, -0.2) is 78.8 Å². The van der Waals surface area contributed by atoms with Crippen LogP contribution in [0.25, 0.3) is 0 Å². The maximum atomic E-state index is 14.0. The number of anilines is 1. The number of morpholine rings is 1. The smallest absolute Gasteiger partial charge is 0.215 e. The van der Waals surface area contributed by atoms with Crippen molar-refractivity contribution in [3.8, 4) is 0 Å². The largest absolute Gasteiger partial charge is 0.379 e. The Bertz CT molecular complexity index is 1270. The fourth-order valence-corrected chi connectivity index (χ4v) is 7.12. The number of hydrogen-bond donors (Lipinski definition) is 1. The molecular weight excluding hydrogens is 510 g/mol. The van der Waals surface area contributed by atoms with Gasteiger partial charge in [0.2, 0.25) is 10.0 Å². The molecule has 3 aromatic rings. The molecule has 2 aliphatic rings. The van der Waals surface area contributed by atoms with E-state index in [9.17, 15) is 8.42 Å². The molecule has 5 rings (SSSR count). The van der Waals surface area contributed by atoms with E-state index in [1.165, 1.54) is 0 Å². The molecule has 10 heteroatoms. The number of imidazole rings is 1. The molecule has 0 bridgehead atoms. The van der Waals surface area contributed by atoms with Gasteiger partial charge < -0.3 is 14.6 Å². The van der Waals surface area contributed by atoms with E-state index < -0.39 is 10.0 Å². The number of nitrogens with zero attached hydrogens (tertiary/aromatic N) is 4. The molecule has 1 saturated heterocycles. The number of nitrogens with one attached hydrogen (secondary N) is 1. The summed E-state index contributed by atoms with van der Waals surface area (Å²) in [6.45, 7) is 6.25. The standard InChI is InChI=1S/C27H34ClN5O3S/c1-21(26-17-29-20-30-26)32-19-25(15-22-5-3-2-4-6-22)33(18-23-16-24(28)7-8-27(23)32)37(34,35)14-11-31-9-12-36-13-10-31/h2-8,16-17,20-21,25H,9-15,18-19H2,1H3,(H,29,30)/t21?,25-/m1/s1. The van der Waals surface area contributed by atoms with Gasteiger partial charge in [-0.1, -0.05) is 41.9 Å². The van der Waals surface area contributed by atoms with Crippen LogP contribution >= 0.6 is 11.6 Å². The predicted octanol–water partition coefficient (Wildman–Crippen LogP) is 3.72. The van der Waals surface area contributed by atoms with Crippen molar-refractivity contribution in [3.05, 3.63) is 82.9 Å². The number of rotatable bonds is 8. The molecule has 0 spiro atoms. The SMILES string of the molecule is CC(c1cnc[nH]1)N1C[C@@H](Cc2ccccc2)N(S(=O)(=O)CCN2CCOCC2)Cc2cc(Cl)ccc21. The zero-order valence-electron chi connectivity index (χ0n) is 21.1. The summed E-state index contributed by atoms with van der Waals surface area (Å²) < 4.78 is 35.1. The Balaban J connectivity index is 1.51. The minimum Gasteiger partial charge on any atom is -0.379 e. The molecule has 2 atom stereocenters. The molecule has 2 aliphatic heterocycles. The number of aromatic nitrogens is 2. The quantitative estimate of drug-likeness (QED) is 0.466. The second kappa shape index (κ2) is 11.5. The van der Waals surface area contributed by atoms with E-state index in [0.717, 1.165) is 35.6 Å². The molecule has 198 valence electrons. The Labute approximate surface area is 224 Å². The van der Waals surface area contributed by atoms with Crippen molar-refractivity contribution in [1.29, 1.82) is 0 Å². The number of sulfonamides is 1. The molecule has 0 aliphatic carbocycles. The third-order valence-corrected chi connectivity index (χ3v) is 9.44. The number of halogens is 1. The van der Waals surface area contributed by atoms with Gasteiger partial charge in [0.15, 0.2) is 0 Å². The summed E-state index contributed by atoms with van der Waals surface area (Å²) >= 11 is 6.43. The highest BCUT2D eigenvalue weighted by Crippen LogP contribution is 2.36. The van der Waals surface area contributed by atoms with Gasteiger partial charge in [0.1, 0.15) is 0 Å². The topological polar surface area (TPSA) is 81.8 Å². The van der Waals surface area contributed by atoms with Gasteiger partial charge in [0.05, 0.1) is 43.2 Å². The summed E-state index contributed by atoms with van der Waals surface area (Å²) in [5.74, 6) is 0.0737. The van der Waals surface area contributed by atoms with Crippen molar-refractivity contribution in [3.63, 3.8) is 0 Å². The van der Waals surface area contributed by atoms with Crippen LogP contribution in [0.3, 0.4) is 0 Å². The number of ether oxygens (including phenoxy) is 1. The molecule has 37 heavy (non-hydrogen) atoms. The second-order valence-electron chi connectivity index (χ2n) is 9.77. The van der Waals surface area contributed by atoms with Gasteiger partial charge in [-0.15, -0.1) is 0 Å². The van der Waals surface area contributed by atoms with Crippen molar-refractivity contribution in [2.45, 2.75) is 32.0 Å². The molecule has 8 nitrogen and oxygen atoms in total. The van der Waals surface area contributed by atoms with E-state index in [2.05, 4.69) is 38.8 Å². The summed E-state index contributed by atoms with van der Waals surface area (Å²) in [7, 11) is -3.57. The Hall–Kier alpha value is -2.43. The monoisotopic (exact) mass is 543 g/mol. The Morgan fingerprint density at radius 3 is 2.68 bits per heavy atom. The summed E-state index contributed by atoms with van der Waals surface area (Å²) in [5, 5.41) is 0.597. The van der Waals surface area contributed by atoms with Gasteiger partial charge >= 0.3 is 0 Å². The molecule has 3 heterocycles. The van der Waals surface area contributed by atoms with Crippen LogP contribution in [0.4, 0.5) is 5.69 Å². The van der Waals surface area contributed by atoms with Gasteiger partial charge in [-0.05, 0) is 42.7 Å². The van der Waals surface area contributed by atoms with E-state index in [1.807, 2.05) is 42.6 Å². The number of benzene rings is 2. The summed E-state index contributed by atoms with van der Waals surface area (Å²) in [4.78, 5) is 11.9. The van der Waals surface area contributed by atoms with E-state index in [0.29, 0.717) is 37.7 Å². The summed E-state index contributed by atoms with van der Waals surface area (Å²) in [6, 6.07) is 15.6. The zero-order chi connectivity index (χ0) is 25.8. The molecular formula is C27H34ClN5O3S. The molecule has 0 amide bonds. The summed E-state index contributed by atoms with van der Waals surface area (Å²) in [5.41, 5.74) is 3.99. The molecule has 0 radical (unpaired) electrons. The van der Waals surface area contributed by atoms with Gasteiger partial charge in [-0.3, -0.25) is 4.90 Å². The normalized spacial score (nSPS) is 20.4. The minimum absolute atomic E-state index is 0.0308. The second-order valence-corrected chi connectivity index (χ2v) is 12.2. The Morgan fingerprint density at radius 1 is 1.16 bits per heavy atom. The van der Waals surface area contributed by atoms with Crippen molar-refractivity contribution in [1.82, 2.24) is 19.2 Å². The highest BCUT2D eigenvalue weighted by molar-refractivity contribution is 7.89. The summed E-state index contributed by atoms with van der Waals surface area (Å²) in [6.07, 6.45) is 4.12. The first-order valence-electron chi connectivity index (χ1n) is 12.8. The van der Waals surface area contributed by atoms with Crippen molar-refractivity contribution >= 4 is 27.3 Å². The molecule has 1 N–H and O–H groups in total. The van der Waals surface area contributed by atoms with Crippen LogP contribution in [-0.2, 0) is 27.7 Å². The molecule has 1 fully saturated rings. The highest BCUT2D eigenvalue weighted by Gasteiger charge is 2.37. The third kappa shape index (κ3) is 6.18. The van der Waals surface area contributed by atoms with Crippen molar-refractivity contribution < 1.29 is 13.2 Å². The van der Waals surface area contributed by atoms with Crippen LogP contribution in [0.5, 0.6) is 0 Å². The van der Waals surface area contributed by atoms with Crippen LogP contribution < -0.4 is 4.90 Å². The average Bonchev–Trinajstić information content (AvgIpc) is 3.40. The first kappa shape index (κ1) is 26.2. The molecule has 0 saturated carbocycles. The van der Waals surface area contributed by atoms with E-state index in [1.54, 1.807) is 10.6 Å². The Morgan fingerprint density at radius 2 is 1.95 bits per heavy atom. The molecule has 1 aromatic heterocycles. The van der Waals surface area contributed by atoms with Crippen LogP contribution in [0.2, 0.25) is 5.02 Å². The third-order valence-electron chi connectivity index (χ3n) is 7.37. The maximum Gasteiger partial charge on any atom is 0.215 e. The van der Waals surface area contributed by atoms with Crippen LogP contribution in [0.1, 0.15) is 29.8 Å². The van der Waals surface area contributed by atoms with Gasteiger partial charge in [-0.25, -0.2) is 13.4 Å².